The van der Waals surface area contributed by atoms with Crippen molar-refractivity contribution in [3.63, 3.8) is 0 Å². The number of anilines is 2. The SMILES string of the molecule is CCNC(=O)N1CCc2ccc(NC(=O)[C@H](C)N)cc21. The maximum atomic E-state index is 12.0. The van der Waals surface area contributed by atoms with Gasteiger partial charge in [0.1, 0.15) is 0 Å². The molecule has 1 aromatic rings. The molecule has 1 heterocycles. The van der Waals surface area contributed by atoms with E-state index in [0.717, 1.165) is 17.7 Å². The first-order chi connectivity index (χ1) is 9.52. The molecule has 0 aliphatic carbocycles. The summed E-state index contributed by atoms with van der Waals surface area (Å²) in [6.45, 7) is 4.76. The quantitative estimate of drug-likeness (QED) is 0.771. The van der Waals surface area contributed by atoms with E-state index in [9.17, 15) is 9.59 Å². The van der Waals surface area contributed by atoms with Crippen LogP contribution in [0.2, 0.25) is 0 Å². The number of fused-ring (bicyclic) bond motifs is 1. The number of benzene rings is 1. The third-order valence-corrected chi connectivity index (χ3v) is 3.24. The van der Waals surface area contributed by atoms with Gasteiger partial charge in [-0.25, -0.2) is 4.79 Å². The number of amides is 3. The lowest BCUT2D eigenvalue weighted by Gasteiger charge is -2.18. The fourth-order valence-electron chi connectivity index (χ4n) is 2.17. The first-order valence-corrected chi connectivity index (χ1v) is 6.77. The molecule has 1 aromatic carbocycles. The summed E-state index contributed by atoms with van der Waals surface area (Å²) in [5.41, 5.74) is 8.13. The van der Waals surface area contributed by atoms with Gasteiger partial charge in [-0.3, -0.25) is 9.69 Å². The summed E-state index contributed by atoms with van der Waals surface area (Å²) in [6.07, 6.45) is 0.827. The monoisotopic (exact) mass is 276 g/mol. The summed E-state index contributed by atoms with van der Waals surface area (Å²) in [7, 11) is 0. The third-order valence-electron chi connectivity index (χ3n) is 3.24. The van der Waals surface area contributed by atoms with E-state index in [1.165, 1.54) is 0 Å². The van der Waals surface area contributed by atoms with Crippen LogP contribution in [0.25, 0.3) is 0 Å². The second-order valence-corrected chi connectivity index (χ2v) is 4.86. The van der Waals surface area contributed by atoms with Gasteiger partial charge in [0.15, 0.2) is 0 Å². The highest BCUT2D eigenvalue weighted by atomic mass is 16.2. The average molecular weight is 276 g/mol. The van der Waals surface area contributed by atoms with E-state index in [0.29, 0.717) is 18.8 Å². The molecule has 0 bridgehead atoms. The Kier molecular flexibility index (Phi) is 4.24. The molecule has 1 aliphatic heterocycles. The Bertz CT molecular complexity index is 528. The van der Waals surface area contributed by atoms with Crippen molar-refractivity contribution in [1.29, 1.82) is 0 Å². The van der Waals surface area contributed by atoms with Gasteiger partial charge in [-0.05, 0) is 38.0 Å². The first kappa shape index (κ1) is 14.3. The van der Waals surface area contributed by atoms with Crippen LogP contribution < -0.4 is 21.3 Å². The minimum Gasteiger partial charge on any atom is -0.338 e. The molecular formula is C14H20N4O2. The number of nitrogens with one attached hydrogen (secondary N) is 2. The number of hydrogen-bond donors (Lipinski definition) is 3. The highest BCUT2D eigenvalue weighted by molar-refractivity contribution is 5.98. The van der Waals surface area contributed by atoms with Crippen LogP contribution in [0.1, 0.15) is 19.4 Å². The Morgan fingerprint density at radius 2 is 2.20 bits per heavy atom. The van der Waals surface area contributed by atoms with Crippen LogP contribution in [0.15, 0.2) is 18.2 Å². The van der Waals surface area contributed by atoms with Crippen molar-refractivity contribution in [1.82, 2.24) is 5.32 Å². The summed E-state index contributed by atoms with van der Waals surface area (Å²) in [6, 6.07) is 4.91. The van der Waals surface area contributed by atoms with Crippen LogP contribution in [0.4, 0.5) is 16.2 Å². The highest BCUT2D eigenvalue weighted by Gasteiger charge is 2.24. The Labute approximate surface area is 118 Å². The highest BCUT2D eigenvalue weighted by Crippen LogP contribution is 2.30. The number of carbonyl (C=O) groups is 2. The van der Waals surface area contributed by atoms with Crippen molar-refractivity contribution < 1.29 is 9.59 Å². The third kappa shape index (κ3) is 2.91. The largest absolute Gasteiger partial charge is 0.338 e. The number of nitrogens with two attached hydrogens (primary N) is 1. The van der Waals surface area contributed by atoms with E-state index in [-0.39, 0.29) is 11.9 Å². The van der Waals surface area contributed by atoms with Crippen molar-refractivity contribution in [3.8, 4) is 0 Å². The number of rotatable bonds is 3. The van der Waals surface area contributed by atoms with Gasteiger partial charge < -0.3 is 16.4 Å². The van der Waals surface area contributed by atoms with Crippen molar-refractivity contribution in [2.24, 2.45) is 5.73 Å². The molecule has 20 heavy (non-hydrogen) atoms. The van der Waals surface area contributed by atoms with Gasteiger partial charge >= 0.3 is 6.03 Å². The van der Waals surface area contributed by atoms with Crippen LogP contribution in [0.3, 0.4) is 0 Å². The molecule has 4 N–H and O–H groups in total. The standard InChI is InChI=1S/C14H20N4O2/c1-3-16-14(20)18-7-6-10-4-5-11(8-12(10)18)17-13(19)9(2)15/h4-5,8-9H,3,6-7,15H2,1-2H3,(H,16,20)(H,17,19)/t9-/m0/s1. The van der Waals surface area contributed by atoms with Crippen molar-refractivity contribution in [3.05, 3.63) is 23.8 Å². The molecule has 3 amide bonds. The maximum absolute atomic E-state index is 12.0. The molecule has 0 saturated heterocycles. The molecule has 1 aliphatic rings. The topological polar surface area (TPSA) is 87.5 Å². The molecule has 6 heteroatoms. The molecule has 2 rings (SSSR count). The second kappa shape index (κ2) is 5.92. The molecule has 108 valence electrons. The van der Waals surface area contributed by atoms with E-state index >= 15 is 0 Å². The molecule has 0 radical (unpaired) electrons. The predicted molar refractivity (Wildman–Crippen MR) is 78.8 cm³/mol. The summed E-state index contributed by atoms with van der Waals surface area (Å²) < 4.78 is 0. The Hall–Kier alpha value is -2.08. The minimum absolute atomic E-state index is 0.109. The Balaban J connectivity index is 2.19. The number of carbonyl (C=O) groups excluding carboxylic acids is 2. The van der Waals surface area contributed by atoms with E-state index in [1.54, 1.807) is 11.8 Å². The van der Waals surface area contributed by atoms with E-state index in [1.807, 2.05) is 25.1 Å². The van der Waals surface area contributed by atoms with Crippen molar-refractivity contribution >= 4 is 23.3 Å². The summed E-state index contributed by atoms with van der Waals surface area (Å²) in [5, 5.41) is 5.53. The van der Waals surface area contributed by atoms with E-state index < -0.39 is 6.04 Å². The smallest absolute Gasteiger partial charge is 0.321 e. The zero-order chi connectivity index (χ0) is 14.7. The molecular weight excluding hydrogens is 256 g/mol. The maximum Gasteiger partial charge on any atom is 0.321 e. The van der Waals surface area contributed by atoms with Gasteiger partial charge in [0.2, 0.25) is 5.91 Å². The van der Waals surface area contributed by atoms with Gasteiger partial charge in [-0.2, -0.15) is 0 Å². The van der Waals surface area contributed by atoms with Gasteiger partial charge in [0, 0.05) is 18.8 Å². The van der Waals surface area contributed by atoms with Crippen LogP contribution in [0, 0.1) is 0 Å². The lowest BCUT2D eigenvalue weighted by atomic mass is 10.1. The lowest BCUT2D eigenvalue weighted by molar-refractivity contribution is -0.117. The van der Waals surface area contributed by atoms with Gasteiger partial charge in [-0.1, -0.05) is 6.07 Å². The lowest BCUT2D eigenvalue weighted by Crippen LogP contribution is -2.38. The predicted octanol–water partition coefficient (Wildman–Crippen LogP) is 1.06. The summed E-state index contributed by atoms with van der Waals surface area (Å²) in [4.78, 5) is 25.3. The van der Waals surface area contributed by atoms with Gasteiger partial charge in [0.05, 0.1) is 11.7 Å². The molecule has 0 fully saturated rings. The Morgan fingerprint density at radius 1 is 1.45 bits per heavy atom. The first-order valence-electron chi connectivity index (χ1n) is 6.77. The minimum atomic E-state index is -0.567. The Morgan fingerprint density at radius 3 is 2.85 bits per heavy atom. The van der Waals surface area contributed by atoms with Gasteiger partial charge in [-0.15, -0.1) is 0 Å². The number of urea groups is 1. The zero-order valence-corrected chi connectivity index (χ0v) is 11.8. The average Bonchev–Trinajstić information content (AvgIpc) is 2.82. The fourth-order valence-corrected chi connectivity index (χ4v) is 2.17. The van der Waals surface area contributed by atoms with Gasteiger partial charge in [0.25, 0.3) is 0 Å². The summed E-state index contributed by atoms with van der Waals surface area (Å²) in [5.74, 6) is -0.243. The molecule has 6 nitrogen and oxygen atoms in total. The van der Waals surface area contributed by atoms with Crippen LogP contribution in [0.5, 0.6) is 0 Å². The number of hydrogen-bond acceptors (Lipinski definition) is 3. The summed E-state index contributed by atoms with van der Waals surface area (Å²) >= 11 is 0. The van der Waals surface area contributed by atoms with Crippen molar-refractivity contribution in [2.45, 2.75) is 26.3 Å². The van der Waals surface area contributed by atoms with E-state index in [4.69, 9.17) is 5.73 Å². The molecule has 0 spiro atoms. The van der Waals surface area contributed by atoms with Crippen LogP contribution in [-0.2, 0) is 11.2 Å². The molecule has 0 unspecified atom stereocenters. The van der Waals surface area contributed by atoms with E-state index in [2.05, 4.69) is 10.6 Å². The molecule has 1 atom stereocenters. The molecule has 0 aromatic heterocycles. The van der Waals surface area contributed by atoms with Crippen LogP contribution >= 0.6 is 0 Å². The fraction of sp³-hybridized carbons (Fsp3) is 0.429. The second-order valence-electron chi connectivity index (χ2n) is 4.86. The normalized spacial score (nSPS) is 14.7. The van der Waals surface area contributed by atoms with Crippen molar-refractivity contribution in [2.75, 3.05) is 23.3 Å². The number of nitrogens with zero attached hydrogens (tertiary/aromatic N) is 1. The molecule has 0 saturated carbocycles. The van der Waals surface area contributed by atoms with Crippen LogP contribution in [-0.4, -0.2) is 31.1 Å². The zero-order valence-electron chi connectivity index (χ0n) is 11.8.